The molecule has 2 nitrogen and oxygen atoms in total. The second-order valence-electron chi connectivity index (χ2n) is 3.36. The van der Waals surface area contributed by atoms with Crippen molar-refractivity contribution in [3.05, 3.63) is 29.3 Å². The quantitative estimate of drug-likeness (QED) is 0.723. The zero-order valence-corrected chi connectivity index (χ0v) is 9.89. The number of rotatable bonds is 7. The molecule has 0 aliphatic heterocycles. The van der Waals surface area contributed by atoms with Crippen LogP contribution in [0.15, 0.2) is 24.3 Å². The topological polar surface area (TPSA) is 21.3 Å². The molecular weight excluding hydrogens is 210 g/mol. The van der Waals surface area contributed by atoms with Crippen LogP contribution in [0, 0.1) is 0 Å². The summed E-state index contributed by atoms with van der Waals surface area (Å²) in [5.74, 6) is 0.892. The average Bonchev–Trinajstić information content (AvgIpc) is 2.26. The van der Waals surface area contributed by atoms with Gasteiger partial charge in [-0.3, -0.25) is 0 Å². The van der Waals surface area contributed by atoms with Crippen LogP contribution in [0.5, 0.6) is 5.75 Å². The lowest BCUT2D eigenvalue weighted by Crippen LogP contribution is -2.14. The van der Waals surface area contributed by atoms with Crippen LogP contribution in [-0.4, -0.2) is 19.7 Å². The monoisotopic (exact) mass is 227 g/mol. The van der Waals surface area contributed by atoms with E-state index < -0.39 is 0 Å². The van der Waals surface area contributed by atoms with Gasteiger partial charge in [0.2, 0.25) is 0 Å². The number of hydrogen-bond acceptors (Lipinski definition) is 2. The van der Waals surface area contributed by atoms with Crippen molar-refractivity contribution in [3.8, 4) is 5.75 Å². The summed E-state index contributed by atoms with van der Waals surface area (Å²) in [4.78, 5) is 0. The van der Waals surface area contributed by atoms with E-state index in [4.69, 9.17) is 16.3 Å². The third kappa shape index (κ3) is 5.65. The number of nitrogens with one attached hydrogen (secondary N) is 1. The molecule has 0 saturated heterocycles. The third-order valence-electron chi connectivity index (χ3n) is 2.08. The zero-order chi connectivity index (χ0) is 10.9. The Morgan fingerprint density at radius 1 is 1.20 bits per heavy atom. The van der Waals surface area contributed by atoms with Crippen LogP contribution in [0.3, 0.4) is 0 Å². The van der Waals surface area contributed by atoms with Gasteiger partial charge in [-0.05, 0) is 50.2 Å². The van der Waals surface area contributed by atoms with Crippen LogP contribution in [-0.2, 0) is 0 Å². The highest BCUT2D eigenvalue weighted by Gasteiger charge is 1.93. The Bertz CT molecular complexity index is 261. The number of halogens is 1. The summed E-state index contributed by atoms with van der Waals surface area (Å²) in [6, 6.07) is 7.48. The average molecular weight is 228 g/mol. The highest BCUT2D eigenvalue weighted by Crippen LogP contribution is 2.15. The standard InChI is InChI=1S/C12H18ClNO/c1-2-14-9-3-4-10-15-12-7-5-11(13)6-8-12/h5-8,14H,2-4,9-10H2,1H3. The molecular formula is C12H18ClNO. The number of unbranched alkanes of at least 4 members (excludes halogenated alkanes) is 1. The summed E-state index contributed by atoms with van der Waals surface area (Å²) in [6.07, 6.45) is 2.23. The molecule has 1 N–H and O–H groups in total. The second-order valence-corrected chi connectivity index (χ2v) is 3.80. The Hall–Kier alpha value is -0.730. The molecule has 1 aromatic rings. The van der Waals surface area contributed by atoms with Crippen molar-refractivity contribution in [2.45, 2.75) is 19.8 Å². The number of ether oxygens (including phenoxy) is 1. The Labute approximate surface area is 96.6 Å². The molecule has 0 bridgehead atoms. The van der Waals surface area contributed by atoms with E-state index in [1.165, 1.54) is 0 Å². The first kappa shape index (κ1) is 12.3. The van der Waals surface area contributed by atoms with Gasteiger partial charge in [0.25, 0.3) is 0 Å². The highest BCUT2D eigenvalue weighted by atomic mass is 35.5. The molecule has 0 aromatic heterocycles. The van der Waals surface area contributed by atoms with Gasteiger partial charge < -0.3 is 10.1 Å². The smallest absolute Gasteiger partial charge is 0.119 e. The SMILES string of the molecule is CCNCCCCOc1ccc(Cl)cc1. The summed E-state index contributed by atoms with van der Waals surface area (Å²) >= 11 is 5.77. The van der Waals surface area contributed by atoms with Gasteiger partial charge >= 0.3 is 0 Å². The zero-order valence-electron chi connectivity index (χ0n) is 9.13. The lowest BCUT2D eigenvalue weighted by molar-refractivity contribution is 0.306. The van der Waals surface area contributed by atoms with Crippen molar-refractivity contribution in [2.75, 3.05) is 19.7 Å². The summed E-state index contributed by atoms with van der Waals surface area (Å²) in [6.45, 7) is 5.00. The molecule has 0 unspecified atom stereocenters. The fourth-order valence-corrected chi connectivity index (χ4v) is 1.38. The summed E-state index contributed by atoms with van der Waals surface area (Å²) in [7, 11) is 0. The Morgan fingerprint density at radius 3 is 2.60 bits per heavy atom. The Kier molecular flexibility index (Phi) is 6.21. The summed E-state index contributed by atoms with van der Waals surface area (Å²) < 4.78 is 5.55. The minimum Gasteiger partial charge on any atom is -0.494 e. The van der Waals surface area contributed by atoms with Crippen LogP contribution in [0.2, 0.25) is 5.02 Å². The molecule has 1 rings (SSSR count). The van der Waals surface area contributed by atoms with Crippen LogP contribution >= 0.6 is 11.6 Å². The van der Waals surface area contributed by atoms with Gasteiger partial charge in [-0.15, -0.1) is 0 Å². The summed E-state index contributed by atoms with van der Waals surface area (Å²) in [5.41, 5.74) is 0. The molecule has 0 radical (unpaired) electrons. The van der Waals surface area contributed by atoms with Crippen LogP contribution in [0.1, 0.15) is 19.8 Å². The minimum atomic E-state index is 0.745. The Balaban J connectivity index is 2.07. The van der Waals surface area contributed by atoms with E-state index >= 15 is 0 Å². The lowest BCUT2D eigenvalue weighted by atomic mass is 10.3. The summed E-state index contributed by atoms with van der Waals surface area (Å²) in [5, 5.41) is 4.03. The van der Waals surface area contributed by atoms with Crippen molar-refractivity contribution >= 4 is 11.6 Å². The fraction of sp³-hybridized carbons (Fsp3) is 0.500. The molecule has 15 heavy (non-hydrogen) atoms. The van der Waals surface area contributed by atoms with Crippen LogP contribution in [0.25, 0.3) is 0 Å². The predicted molar refractivity (Wildman–Crippen MR) is 64.7 cm³/mol. The molecule has 0 amide bonds. The first-order valence-electron chi connectivity index (χ1n) is 5.42. The maximum absolute atomic E-state index is 5.77. The van der Waals surface area contributed by atoms with E-state index in [0.717, 1.165) is 43.3 Å². The van der Waals surface area contributed by atoms with E-state index in [-0.39, 0.29) is 0 Å². The van der Waals surface area contributed by atoms with E-state index in [2.05, 4.69) is 12.2 Å². The van der Waals surface area contributed by atoms with Crippen LogP contribution < -0.4 is 10.1 Å². The molecule has 0 fully saturated rings. The van der Waals surface area contributed by atoms with Crippen LogP contribution in [0.4, 0.5) is 0 Å². The second kappa shape index (κ2) is 7.55. The molecule has 3 heteroatoms. The Morgan fingerprint density at radius 2 is 1.93 bits per heavy atom. The first-order valence-corrected chi connectivity index (χ1v) is 5.80. The van der Waals surface area contributed by atoms with E-state index in [1.54, 1.807) is 0 Å². The molecule has 0 saturated carbocycles. The highest BCUT2D eigenvalue weighted by molar-refractivity contribution is 6.30. The van der Waals surface area contributed by atoms with Gasteiger partial charge in [-0.1, -0.05) is 18.5 Å². The molecule has 1 aromatic carbocycles. The molecule has 0 heterocycles. The molecule has 0 spiro atoms. The van der Waals surface area contributed by atoms with E-state index in [9.17, 15) is 0 Å². The fourth-order valence-electron chi connectivity index (χ4n) is 1.25. The van der Waals surface area contributed by atoms with Gasteiger partial charge in [0, 0.05) is 5.02 Å². The maximum atomic E-state index is 5.77. The lowest BCUT2D eigenvalue weighted by Gasteiger charge is -2.06. The molecule has 0 aliphatic rings. The van der Waals surface area contributed by atoms with Crippen molar-refractivity contribution in [1.29, 1.82) is 0 Å². The number of benzene rings is 1. The van der Waals surface area contributed by atoms with Gasteiger partial charge in [0.1, 0.15) is 5.75 Å². The molecule has 0 aliphatic carbocycles. The largest absolute Gasteiger partial charge is 0.494 e. The first-order chi connectivity index (χ1) is 7.33. The minimum absolute atomic E-state index is 0.745. The third-order valence-corrected chi connectivity index (χ3v) is 2.33. The van der Waals surface area contributed by atoms with Crippen molar-refractivity contribution < 1.29 is 4.74 Å². The van der Waals surface area contributed by atoms with Crippen molar-refractivity contribution in [3.63, 3.8) is 0 Å². The van der Waals surface area contributed by atoms with Gasteiger partial charge in [0.15, 0.2) is 0 Å². The maximum Gasteiger partial charge on any atom is 0.119 e. The normalized spacial score (nSPS) is 10.3. The molecule has 0 atom stereocenters. The predicted octanol–water partition coefficient (Wildman–Crippen LogP) is 3.11. The van der Waals surface area contributed by atoms with E-state index in [1.807, 2.05) is 24.3 Å². The van der Waals surface area contributed by atoms with Crippen molar-refractivity contribution in [2.24, 2.45) is 0 Å². The van der Waals surface area contributed by atoms with Gasteiger partial charge in [-0.2, -0.15) is 0 Å². The van der Waals surface area contributed by atoms with Gasteiger partial charge in [0.05, 0.1) is 6.61 Å². The van der Waals surface area contributed by atoms with E-state index in [0.29, 0.717) is 0 Å². The number of hydrogen-bond donors (Lipinski definition) is 1. The molecule has 84 valence electrons. The van der Waals surface area contributed by atoms with Crippen molar-refractivity contribution in [1.82, 2.24) is 5.32 Å². The van der Waals surface area contributed by atoms with Gasteiger partial charge in [-0.25, -0.2) is 0 Å².